The molecule has 0 heterocycles. The lowest BCUT2D eigenvalue weighted by atomic mass is 10.2. The number of aliphatic hydroxyl groups is 1. The number of hydrogen-bond donors (Lipinski definition) is 1. The fraction of sp³-hybridized carbons (Fsp3) is 0.385. The Morgan fingerprint density at radius 1 is 1.44 bits per heavy atom. The number of unbranched alkanes of at least 4 members (excludes halogenated alkanes) is 1. The first-order valence-corrected chi connectivity index (χ1v) is 5.16. The molecule has 0 amide bonds. The number of hydrogen-bond acceptors (Lipinski definition) is 3. The van der Waals surface area contributed by atoms with Gasteiger partial charge in [-0.15, -0.1) is 12.3 Å². The summed E-state index contributed by atoms with van der Waals surface area (Å²) in [5, 5.41) is 9.17. The van der Waals surface area contributed by atoms with Crippen LogP contribution in [-0.2, 0) is 6.61 Å². The number of methoxy groups -OCH3 is 1. The van der Waals surface area contributed by atoms with Gasteiger partial charge in [0.15, 0.2) is 11.5 Å². The van der Waals surface area contributed by atoms with Crippen LogP contribution >= 0.6 is 0 Å². The van der Waals surface area contributed by atoms with Gasteiger partial charge in [0.1, 0.15) is 0 Å². The molecule has 0 radical (unpaired) electrons. The average molecular weight is 220 g/mol. The minimum absolute atomic E-state index is 0.0678. The monoisotopic (exact) mass is 220 g/mol. The van der Waals surface area contributed by atoms with E-state index in [0.717, 1.165) is 12.0 Å². The zero-order chi connectivity index (χ0) is 11.8. The Morgan fingerprint density at radius 3 is 2.88 bits per heavy atom. The third-order valence-corrected chi connectivity index (χ3v) is 2.16. The van der Waals surface area contributed by atoms with Crippen LogP contribution in [0.1, 0.15) is 18.4 Å². The van der Waals surface area contributed by atoms with Crippen molar-refractivity contribution in [1.29, 1.82) is 0 Å². The summed E-state index contributed by atoms with van der Waals surface area (Å²) in [6, 6.07) is 5.42. The maximum Gasteiger partial charge on any atom is 0.166 e. The molecule has 1 aromatic rings. The van der Waals surface area contributed by atoms with Gasteiger partial charge in [0.05, 0.1) is 20.3 Å². The Labute approximate surface area is 96.0 Å². The van der Waals surface area contributed by atoms with Crippen molar-refractivity contribution < 1.29 is 14.6 Å². The Hall–Kier alpha value is -1.66. The zero-order valence-corrected chi connectivity index (χ0v) is 9.40. The van der Waals surface area contributed by atoms with Gasteiger partial charge in [0.25, 0.3) is 0 Å². The normalized spacial score (nSPS) is 9.56. The topological polar surface area (TPSA) is 38.7 Å². The lowest BCUT2D eigenvalue weighted by Gasteiger charge is -2.13. The fourth-order valence-electron chi connectivity index (χ4n) is 1.36. The van der Waals surface area contributed by atoms with Gasteiger partial charge in [-0.2, -0.15) is 0 Å². The second kappa shape index (κ2) is 6.76. The molecule has 0 fully saturated rings. The van der Waals surface area contributed by atoms with Crippen molar-refractivity contribution in [1.82, 2.24) is 0 Å². The first kappa shape index (κ1) is 12.4. The molecule has 0 spiro atoms. The van der Waals surface area contributed by atoms with Crippen LogP contribution in [0.25, 0.3) is 0 Å². The van der Waals surface area contributed by atoms with Gasteiger partial charge in [-0.3, -0.25) is 0 Å². The van der Waals surface area contributed by atoms with Crippen molar-refractivity contribution in [3.05, 3.63) is 23.8 Å². The first-order valence-electron chi connectivity index (χ1n) is 5.16. The van der Waals surface area contributed by atoms with Crippen molar-refractivity contribution in [2.45, 2.75) is 19.4 Å². The quantitative estimate of drug-likeness (QED) is 0.588. The van der Waals surface area contributed by atoms with Crippen LogP contribution in [0.15, 0.2) is 18.2 Å². The van der Waals surface area contributed by atoms with Crippen LogP contribution < -0.4 is 9.47 Å². The molecule has 16 heavy (non-hydrogen) atoms. The lowest BCUT2D eigenvalue weighted by Crippen LogP contribution is -2.02. The van der Waals surface area contributed by atoms with E-state index < -0.39 is 0 Å². The number of terminal acetylenes is 1. The largest absolute Gasteiger partial charge is 0.493 e. The van der Waals surface area contributed by atoms with Gasteiger partial charge in [-0.25, -0.2) is 0 Å². The van der Waals surface area contributed by atoms with Gasteiger partial charge < -0.3 is 14.6 Å². The smallest absolute Gasteiger partial charge is 0.166 e. The highest BCUT2D eigenvalue weighted by Gasteiger charge is 2.09. The molecule has 0 saturated carbocycles. The molecule has 0 aliphatic heterocycles. The van der Waals surface area contributed by atoms with E-state index in [9.17, 15) is 5.11 Å². The third kappa shape index (κ3) is 3.18. The predicted molar refractivity (Wildman–Crippen MR) is 62.5 cm³/mol. The highest BCUT2D eigenvalue weighted by Crippen LogP contribution is 2.31. The summed E-state index contributed by atoms with van der Waals surface area (Å²) in [5.41, 5.74) is 0.722. The second-order valence-corrected chi connectivity index (χ2v) is 3.26. The molecule has 1 N–H and O–H groups in total. The molecule has 0 unspecified atom stereocenters. The van der Waals surface area contributed by atoms with Crippen LogP contribution in [0.3, 0.4) is 0 Å². The van der Waals surface area contributed by atoms with Crippen LogP contribution in [0.4, 0.5) is 0 Å². The maximum absolute atomic E-state index is 9.17. The highest BCUT2D eigenvalue weighted by atomic mass is 16.5. The molecule has 0 bridgehead atoms. The van der Waals surface area contributed by atoms with Gasteiger partial charge in [-0.1, -0.05) is 12.1 Å². The number of para-hydroxylation sites is 1. The van der Waals surface area contributed by atoms with Crippen molar-refractivity contribution in [3.63, 3.8) is 0 Å². The summed E-state index contributed by atoms with van der Waals surface area (Å²) < 4.78 is 10.7. The van der Waals surface area contributed by atoms with Gasteiger partial charge in [0, 0.05) is 12.0 Å². The van der Waals surface area contributed by atoms with Crippen molar-refractivity contribution in [2.75, 3.05) is 13.7 Å². The van der Waals surface area contributed by atoms with Crippen LogP contribution in [-0.4, -0.2) is 18.8 Å². The van der Waals surface area contributed by atoms with Gasteiger partial charge in [-0.05, 0) is 12.5 Å². The molecule has 0 saturated heterocycles. The summed E-state index contributed by atoms with van der Waals surface area (Å²) >= 11 is 0. The van der Waals surface area contributed by atoms with Crippen LogP contribution in [0, 0.1) is 12.3 Å². The average Bonchev–Trinajstić information content (AvgIpc) is 2.34. The summed E-state index contributed by atoms with van der Waals surface area (Å²) in [5.74, 6) is 3.78. The van der Waals surface area contributed by atoms with E-state index in [0.29, 0.717) is 24.5 Å². The Morgan fingerprint density at radius 2 is 2.25 bits per heavy atom. The molecule has 0 aliphatic carbocycles. The number of aliphatic hydroxyl groups excluding tert-OH is 1. The van der Waals surface area contributed by atoms with E-state index >= 15 is 0 Å². The van der Waals surface area contributed by atoms with Gasteiger partial charge in [0.2, 0.25) is 0 Å². The first-order chi connectivity index (χ1) is 7.83. The summed E-state index contributed by atoms with van der Waals surface area (Å²) in [6.07, 6.45) is 6.63. The molecule has 3 heteroatoms. The maximum atomic E-state index is 9.17. The fourth-order valence-corrected chi connectivity index (χ4v) is 1.36. The Kier molecular flexibility index (Phi) is 5.24. The standard InChI is InChI=1S/C13H16O3/c1-3-4-5-9-16-13-11(10-14)7-6-8-12(13)15-2/h1,6-8,14H,4-5,9-10H2,2H3. The van der Waals surface area contributed by atoms with E-state index in [-0.39, 0.29) is 6.61 Å². The molecule has 1 aromatic carbocycles. The van der Waals surface area contributed by atoms with Crippen molar-refractivity contribution in [2.24, 2.45) is 0 Å². The predicted octanol–water partition coefficient (Wildman–Crippen LogP) is 1.98. The molecular formula is C13H16O3. The summed E-state index contributed by atoms with van der Waals surface area (Å²) in [6.45, 7) is 0.458. The minimum Gasteiger partial charge on any atom is -0.493 e. The number of rotatable bonds is 6. The van der Waals surface area contributed by atoms with E-state index in [2.05, 4.69) is 5.92 Å². The molecule has 1 rings (SSSR count). The van der Waals surface area contributed by atoms with E-state index in [1.807, 2.05) is 6.07 Å². The minimum atomic E-state index is -0.0678. The van der Waals surface area contributed by atoms with Crippen molar-refractivity contribution in [3.8, 4) is 23.8 Å². The second-order valence-electron chi connectivity index (χ2n) is 3.26. The summed E-state index contributed by atoms with van der Waals surface area (Å²) in [7, 11) is 1.57. The molecule has 0 aliphatic rings. The molecular weight excluding hydrogens is 204 g/mol. The number of benzene rings is 1. The summed E-state index contributed by atoms with van der Waals surface area (Å²) in [4.78, 5) is 0. The Balaban J connectivity index is 2.71. The zero-order valence-electron chi connectivity index (χ0n) is 9.40. The number of ether oxygens (including phenoxy) is 2. The molecule has 0 atom stereocenters. The van der Waals surface area contributed by atoms with Crippen LogP contribution in [0.2, 0.25) is 0 Å². The SMILES string of the molecule is C#CCCCOc1c(CO)cccc1OC. The third-order valence-electron chi connectivity index (χ3n) is 2.16. The van der Waals surface area contributed by atoms with E-state index in [1.54, 1.807) is 19.2 Å². The van der Waals surface area contributed by atoms with Crippen LogP contribution in [0.5, 0.6) is 11.5 Å². The van der Waals surface area contributed by atoms with Crippen molar-refractivity contribution >= 4 is 0 Å². The lowest BCUT2D eigenvalue weighted by molar-refractivity contribution is 0.253. The Bertz CT molecular complexity index is 344. The molecule has 0 aromatic heterocycles. The highest BCUT2D eigenvalue weighted by molar-refractivity contribution is 5.46. The molecule has 3 nitrogen and oxygen atoms in total. The van der Waals surface area contributed by atoms with Gasteiger partial charge >= 0.3 is 0 Å². The van der Waals surface area contributed by atoms with E-state index in [1.165, 1.54) is 0 Å². The van der Waals surface area contributed by atoms with E-state index in [4.69, 9.17) is 15.9 Å². The molecule has 86 valence electrons.